The zero-order chi connectivity index (χ0) is 24.2. The van der Waals surface area contributed by atoms with Crippen molar-refractivity contribution in [2.75, 3.05) is 6.54 Å². The number of fused-ring (bicyclic) bond motifs is 1. The van der Waals surface area contributed by atoms with E-state index in [1.165, 1.54) is 5.56 Å². The normalized spacial score (nSPS) is 16.0. The average molecular weight is 458 g/mol. The molecule has 2 atom stereocenters. The van der Waals surface area contributed by atoms with Crippen molar-refractivity contribution in [3.05, 3.63) is 100 Å². The van der Waals surface area contributed by atoms with Crippen LogP contribution in [0.5, 0.6) is 5.75 Å². The molecule has 176 valence electrons. The number of nitrogens with two attached hydrogens (primary N) is 1. The van der Waals surface area contributed by atoms with Crippen LogP contribution in [-0.2, 0) is 24.2 Å². The van der Waals surface area contributed by atoms with Gasteiger partial charge in [0.1, 0.15) is 5.75 Å². The van der Waals surface area contributed by atoms with Crippen LogP contribution in [0.2, 0.25) is 0 Å². The van der Waals surface area contributed by atoms with Crippen molar-refractivity contribution in [1.82, 2.24) is 10.2 Å². The lowest BCUT2D eigenvalue weighted by molar-refractivity contribution is -0.136. The molecule has 6 nitrogen and oxygen atoms in total. The van der Waals surface area contributed by atoms with Crippen LogP contribution in [0.3, 0.4) is 0 Å². The van der Waals surface area contributed by atoms with E-state index >= 15 is 0 Å². The summed E-state index contributed by atoms with van der Waals surface area (Å²) in [5, 5.41) is 12.8. The van der Waals surface area contributed by atoms with Gasteiger partial charge in [-0.2, -0.15) is 0 Å². The summed E-state index contributed by atoms with van der Waals surface area (Å²) in [6.07, 6.45) is 1.04. The van der Waals surface area contributed by atoms with Gasteiger partial charge in [0.15, 0.2) is 0 Å². The number of phenols is 1. The second-order valence-corrected chi connectivity index (χ2v) is 9.04. The molecule has 3 aromatic carbocycles. The van der Waals surface area contributed by atoms with Crippen LogP contribution < -0.4 is 11.1 Å². The Balaban J connectivity index is 1.53. The largest absolute Gasteiger partial charge is 0.508 e. The highest BCUT2D eigenvalue weighted by molar-refractivity contribution is 5.94. The van der Waals surface area contributed by atoms with Crippen LogP contribution in [0.25, 0.3) is 0 Å². The van der Waals surface area contributed by atoms with Crippen molar-refractivity contribution < 1.29 is 14.7 Å². The Morgan fingerprint density at radius 3 is 2.32 bits per heavy atom. The quantitative estimate of drug-likeness (QED) is 0.529. The molecular weight excluding hydrogens is 426 g/mol. The third-order valence-electron chi connectivity index (χ3n) is 6.59. The van der Waals surface area contributed by atoms with Crippen molar-refractivity contribution in [2.24, 2.45) is 5.73 Å². The molecule has 0 radical (unpaired) electrons. The zero-order valence-corrected chi connectivity index (χ0v) is 19.6. The number of phenolic OH excluding ortho intramolecular Hbond substituents is 1. The molecule has 4 rings (SSSR count). The van der Waals surface area contributed by atoms with E-state index in [0.717, 1.165) is 22.3 Å². The van der Waals surface area contributed by atoms with Crippen LogP contribution in [0, 0.1) is 13.8 Å². The van der Waals surface area contributed by atoms with Gasteiger partial charge >= 0.3 is 0 Å². The topological polar surface area (TPSA) is 95.7 Å². The lowest BCUT2D eigenvalue weighted by Gasteiger charge is -2.38. The number of hydrogen-bond acceptors (Lipinski definition) is 4. The number of nitrogens with one attached hydrogen (secondary N) is 1. The summed E-state index contributed by atoms with van der Waals surface area (Å²) in [6, 6.07) is 19.6. The van der Waals surface area contributed by atoms with Gasteiger partial charge < -0.3 is 21.1 Å². The Morgan fingerprint density at radius 1 is 1.03 bits per heavy atom. The Bertz CT molecular complexity index is 1170. The van der Waals surface area contributed by atoms with E-state index in [0.29, 0.717) is 31.5 Å². The van der Waals surface area contributed by atoms with Crippen LogP contribution in [0.4, 0.5) is 0 Å². The second kappa shape index (κ2) is 10.1. The highest BCUT2D eigenvalue weighted by Crippen LogP contribution is 2.26. The number of aryl methyl sites for hydroxylation is 2. The molecule has 1 heterocycles. The predicted molar refractivity (Wildman–Crippen MR) is 133 cm³/mol. The third-order valence-corrected chi connectivity index (χ3v) is 6.59. The van der Waals surface area contributed by atoms with Crippen molar-refractivity contribution in [3.8, 4) is 5.75 Å². The van der Waals surface area contributed by atoms with Crippen LogP contribution in [0.15, 0.2) is 66.7 Å². The Labute approximate surface area is 200 Å². The second-order valence-electron chi connectivity index (χ2n) is 9.04. The number of amides is 2. The molecule has 6 heteroatoms. The fraction of sp³-hybridized carbons (Fsp3) is 0.286. The first-order chi connectivity index (χ1) is 16.3. The van der Waals surface area contributed by atoms with E-state index in [-0.39, 0.29) is 23.6 Å². The van der Waals surface area contributed by atoms with Crippen molar-refractivity contribution in [2.45, 2.75) is 45.3 Å². The summed E-state index contributed by atoms with van der Waals surface area (Å²) in [7, 11) is 0. The Hall–Kier alpha value is -3.64. The molecule has 1 aliphatic heterocycles. The number of aromatic hydroxyl groups is 1. The van der Waals surface area contributed by atoms with Crippen LogP contribution >= 0.6 is 0 Å². The lowest BCUT2D eigenvalue weighted by atomic mass is 9.91. The van der Waals surface area contributed by atoms with E-state index in [4.69, 9.17) is 5.73 Å². The molecule has 4 N–H and O–H groups in total. The van der Waals surface area contributed by atoms with Gasteiger partial charge in [0.2, 0.25) is 5.91 Å². The summed E-state index contributed by atoms with van der Waals surface area (Å²) >= 11 is 0. The molecule has 0 aliphatic carbocycles. The molecule has 3 aromatic rings. The van der Waals surface area contributed by atoms with Crippen LogP contribution in [0.1, 0.15) is 38.2 Å². The van der Waals surface area contributed by atoms with Gasteiger partial charge in [0.25, 0.3) is 5.91 Å². The van der Waals surface area contributed by atoms with E-state index in [2.05, 4.69) is 11.4 Å². The Morgan fingerprint density at radius 2 is 1.65 bits per heavy atom. The van der Waals surface area contributed by atoms with Gasteiger partial charge in [-0.15, -0.1) is 0 Å². The number of rotatable bonds is 6. The third kappa shape index (κ3) is 5.13. The molecule has 0 spiro atoms. The van der Waals surface area contributed by atoms with Crippen molar-refractivity contribution in [3.63, 3.8) is 0 Å². The monoisotopic (exact) mass is 457 g/mol. The molecule has 0 saturated carbocycles. The van der Waals surface area contributed by atoms with Crippen molar-refractivity contribution in [1.29, 1.82) is 0 Å². The van der Waals surface area contributed by atoms with E-state index in [1.54, 1.807) is 24.3 Å². The molecule has 0 unspecified atom stereocenters. The summed E-state index contributed by atoms with van der Waals surface area (Å²) < 4.78 is 0. The molecule has 2 amide bonds. The highest BCUT2D eigenvalue weighted by Gasteiger charge is 2.33. The molecular formula is C28H31N3O3. The maximum absolute atomic E-state index is 13.6. The summed E-state index contributed by atoms with van der Waals surface area (Å²) in [6.45, 7) is 4.64. The number of carbonyl (C=O) groups excluding carboxylic acids is 2. The van der Waals surface area contributed by atoms with Gasteiger partial charge in [-0.05, 0) is 78.8 Å². The summed E-state index contributed by atoms with van der Waals surface area (Å²) in [5.41, 5.74) is 12.1. The van der Waals surface area contributed by atoms with E-state index < -0.39 is 6.04 Å². The minimum Gasteiger partial charge on any atom is -0.508 e. The molecule has 0 saturated heterocycles. The van der Waals surface area contributed by atoms with Crippen molar-refractivity contribution >= 4 is 11.8 Å². The average Bonchev–Trinajstić information content (AvgIpc) is 2.84. The SMILES string of the molecule is Cc1cc(O)cc(C)c1C[C@H](N)C(=O)N1Cc2ccccc2C[C@H]1CNC(=O)c1ccccc1. The van der Waals surface area contributed by atoms with Gasteiger partial charge in [0.05, 0.1) is 12.1 Å². The van der Waals surface area contributed by atoms with Gasteiger partial charge in [-0.25, -0.2) is 0 Å². The van der Waals surface area contributed by atoms with Gasteiger partial charge in [-0.1, -0.05) is 42.5 Å². The first kappa shape index (κ1) is 23.5. The number of carbonyl (C=O) groups is 2. The number of hydrogen-bond donors (Lipinski definition) is 3. The van der Waals surface area contributed by atoms with E-state index in [1.807, 2.05) is 55.1 Å². The molecule has 1 aliphatic rings. The standard InChI is InChI=1S/C28H31N3O3/c1-18-12-24(32)13-19(2)25(18)15-26(29)28(34)31-17-22-11-7-6-10-21(22)14-23(31)16-30-27(33)20-8-4-3-5-9-20/h3-13,23,26,32H,14-17,29H2,1-2H3,(H,30,33)/t23-,26-/m0/s1. The van der Waals surface area contributed by atoms with Crippen LogP contribution in [-0.4, -0.2) is 40.4 Å². The summed E-state index contributed by atoms with van der Waals surface area (Å²) in [4.78, 5) is 28.0. The predicted octanol–water partition coefficient (Wildman–Crippen LogP) is 3.26. The summed E-state index contributed by atoms with van der Waals surface area (Å²) in [5.74, 6) is -0.0904. The molecule has 0 fully saturated rings. The minimum absolute atomic E-state index is 0.139. The molecule has 0 aromatic heterocycles. The Kier molecular flexibility index (Phi) is 6.98. The van der Waals surface area contributed by atoms with E-state index in [9.17, 15) is 14.7 Å². The maximum atomic E-state index is 13.6. The molecule has 0 bridgehead atoms. The van der Waals surface area contributed by atoms with Gasteiger partial charge in [0, 0.05) is 18.7 Å². The first-order valence-electron chi connectivity index (χ1n) is 11.6. The highest BCUT2D eigenvalue weighted by atomic mass is 16.3. The number of nitrogens with zero attached hydrogens (tertiary/aromatic N) is 1. The minimum atomic E-state index is -0.723. The fourth-order valence-corrected chi connectivity index (χ4v) is 4.74. The van der Waals surface area contributed by atoms with Gasteiger partial charge in [-0.3, -0.25) is 9.59 Å². The zero-order valence-electron chi connectivity index (χ0n) is 19.6. The number of benzene rings is 3. The molecule has 34 heavy (non-hydrogen) atoms. The smallest absolute Gasteiger partial charge is 0.251 e. The maximum Gasteiger partial charge on any atom is 0.251 e. The first-order valence-corrected chi connectivity index (χ1v) is 11.6. The lowest BCUT2D eigenvalue weighted by Crippen LogP contribution is -2.55. The fourth-order valence-electron chi connectivity index (χ4n) is 4.74.